The van der Waals surface area contributed by atoms with Gasteiger partial charge >= 0.3 is 0 Å². The molecule has 0 aliphatic heterocycles. The molecule has 1 aliphatic rings. The lowest BCUT2D eigenvalue weighted by molar-refractivity contribution is 0.596. The van der Waals surface area contributed by atoms with Gasteiger partial charge in [-0.15, -0.1) is 0 Å². The molecular weight excluding hydrogens is 174 g/mol. The van der Waals surface area contributed by atoms with Crippen LogP contribution in [0.5, 0.6) is 0 Å². The second-order valence-electron chi connectivity index (χ2n) is 4.66. The van der Waals surface area contributed by atoms with E-state index in [1.54, 1.807) is 0 Å². The van der Waals surface area contributed by atoms with Gasteiger partial charge in [-0.2, -0.15) is 5.10 Å². The first-order valence-corrected chi connectivity index (χ1v) is 5.44. The lowest BCUT2D eigenvalue weighted by atomic mass is 10.1. The molecule has 0 spiro atoms. The normalized spacial score (nSPS) is 16.3. The fourth-order valence-corrected chi connectivity index (χ4v) is 1.62. The number of nitrogens with zero attached hydrogens (tertiary/aromatic N) is 2. The molecule has 0 unspecified atom stereocenters. The van der Waals surface area contributed by atoms with Crippen LogP contribution in [0.1, 0.15) is 32.4 Å². The van der Waals surface area contributed by atoms with Crippen molar-refractivity contribution in [2.75, 3.05) is 5.32 Å². The Labute approximate surface area is 85.5 Å². The zero-order valence-corrected chi connectivity index (χ0v) is 9.25. The molecule has 1 aromatic rings. The van der Waals surface area contributed by atoms with Gasteiger partial charge in [-0.25, -0.2) is 0 Å². The smallest absolute Gasteiger partial charge is 0.148 e. The van der Waals surface area contributed by atoms with Crippen LogP contribution in [0.3, 0.4) is 0 Å². The van der Waals surface area contributed by atoms with Gasteiger partial charge in [0.1, 0.15) is 5.82 Å². The van der Waals surface area contributed by atoms with E-state index in [4.69, 9.17) is 0 Å². The highest BCUT2D eigenvalue weighted by atomic mass is 15.3. The Morgan fingerprint density at radius 1 is 1.57 bits per heavy atom. The number of nitrogens with one attached hydrogen (secondary N) is 1. The average Bonchev–Trinajstić information content (AvgIpc) is 2.79. The van der Waals surface area contributed by atoms with Gasteiger partial charge in [-0.3, -0.25) is 4.68 Å². The van der Waals surface area contributed by atoms with Crippen molar-refractivity contribution in [2.24, 2.45) is 13.0 Å². The molecule has 14 heavy (non-hydrogen) atoms. The summed E-state index contributed by atoms with van der Waals surface area (Å²) in [5.74, 6) is 1.74. The lowest BCUT2D eigenvalue weighted by Crippen LogP contribution is -2.03. The number of aryl methyl sites for hydroxylation is 1. The Hall–Kier alpha value is -0.990. The van der Waals surface area contributed by atoms with Gasteiger partial charge in [0.15, 0.2) is 0 Å². The quantitative estimate of drug-likeness (QED) is 0.794. The Kier molecular flexibility index (Phi) is 2.48. The van der Waals surface area contributed by atoms with E-state index >= 15 is 0 Å². The molecule has 1 saturated carbocycles. The highest BCUT2D eigenvalue weighted by Gasteiger charge is 2.22. The molecule has 0 bridgehead atoms. The van der Waals surface area contributed by atoms with Gasteiger partial charge in [-0.1, -0.05) is 13.8 Å². The van der Waals surface area contributed by atoms with Gasteiger partial charge in [0.05, 0.1) is 0 Å². The van der Waals surface area contributed by atoms with E-state index in [2.05, 4.69) is 30.3 Å². The van der Waals surface area contributed by atoms with Crippen LogP contribution in [0.2, 0.25) is 0 Å². The fraction of sp³-hybridized carbons (Fsp3) is 0.727. The van der Waals surface area contributed by atoms with E-state index in [1.807, 2.05) is 11.7 Å². The Morgan fingerprint density at radius 2 is 2.29 bits per heavy atom. The topological polar surface area (TPSA) is 29.9 Å². The van der Waals surface area contributed by atoms with Gasteiger partial charge < -0.3 is 5.32 Å². The number of hydrogen-bond acceptors (Lipinski definition) is 2. The number of hydrogen-bond donors (Lipinski definition) is 1. The van der Waals surface area contributed by atoms with Crippen LogP contribution in [0.15, 0.2) is 6.07 Å². The minimum atomic E-state index is 0.691. The van der Waals surface area contributed by atoms with E-state index in [-0.39, 0.29) is 0 Å². The van der Waals surface area contributed by atoms with Gasteiger partial charge in [0, 0.05) is 24.8 Å². The van der Waals surface area contributed by atoms with E-state index in [0.717, 1.165) is 12.2 Å². The van der Waals surface area contributed by atoms with Crippen molar-refractivity contribution in [2.45, 2.75) is 39.2 Å². The molecule has 0 aromatic carbocycles. The lowest BCUT2D eigenvalue weighted by Gasteiger charge is -2.03. The number of anilines is 1. The highest BCUT2D eigenvalue weighted by molar-refractivity contribution is 5.38. The van der Waals surface area contributed by atoms with Crippen molar-refractivity contribution < 1.29 is 0 Å². The van der Waals surface area contributed by atoms with Crippen LogP contribution < -0.4 is 5.32 Å². The summed E-state index contributed by atoms with van der Waals surface area (Å²) in [4.78, 5) is 0. The van der Waals surface area contributed by atoms with E-state index in [9.17, 15) is 0 Å². The molecule has 1 fully saturated rings. The predicted molar refractivity (Wildman–Crippen MR) is 58.4 cm³/mol. The molecule has 2 rings (SSSR count). The van der Waals surface area contributed by atoms with Crippen molar-refractivity contribution in [1.29, 1.82) is 0 Å². The SMILES string of the molecule is CC(C)Cc1cc(NC2CC2)nn1C. The first kappa shape index (κ1) is 9.56. The summed E-state index contributed by atoms with van der Waals surface area (Å²) in [6.45, 7) is 4.47. The molecule has 1 aromatic heterocycles. The molecule has 0 radical (unpaired) electrons. The zero-order chi connectivity index (χ0) is 10.1. The zero-order valence-electron chi connectivity index (χ0n) is 9.25. The van der Waals surface area contributed by atoms with E-state index in [1.165, 1.54) is 18.5 Å². The maximum Gasteiger partial charge on any atom is 0.148 e. The van der Waals surface area contributed by atoms with Crippen LogP contribution in [-0.4, -0.2) is 15.8 Å². The van der Waals surface area contributed by atoms with Crippen LogP contribution >= 0.6 is 0 Å². The largest absolute Gasteiger partial charge is 0.366 e. The summed E-state index contributed by atoms with van der Waals surface area (Å²) >= 11 is 0. The van der Waals surface area contributed by atoms with Crippen molar-refractivity contribution in [3.05, 3.63) is 11.8 Å². The highest BCUT2D eigenvalue weighted by Crippen LogP contribution is 2.24. The minimum Gasteiger partial charge on any atom is -0.366 e. The molecule has 3 nitrogen and oxygen atoms in total. The standard InChI is InChI=1S/C11H19N3/c1-8(2)6-10-7-11(13-14(10)3)12-9-4-5-9/h7-9H,4-6H2,1-3H3,(H,12,13). The predicted octanol–water partition coefficient (Wildman–Crippen LogP) is 2.19. The summed E-state index contributed by atoms with van der Waals surface area (Å²) in [5.41, 5.74) is 1.32. The third-order valence-electron chi connectivity index (χ3n) is 2.52. The maximum absolute atomic E-state index is 4.45. The van der Waals surface area contributed by atoms with E-state index < -0.39 is 0 Å². The average molecular weight is 193 g/mol. The van der Waals surface area contributed by atoms with E-state index in [0.29, 0.717) is 12.0 Å². The van der Waals surface area contributed by atoms with Gasteiger partial charge in [-0.05, 0) is 25.2 Å². The molecule has 1 aliphatic carbocycles. The third kappa shape index (κ3) is 2.28. The van der Waals surface area contributed by atoms with Crippen molar-refractivity contribution >= 4 is 5.82 Å². The summed E-state index contributed by atoms with van der Waals surface area (Å²) in [6.07, 6.45) is 3.71. The van der Waals surface area contributed by atoms with Crippen LogP contribution in [0.25, 0.3) is 0 Å². The second kappa shape index (κ2) is 3.64. The summed E-state index contributed by atoms with van der Waals surface area (Å²) in [6, 6.07) is 2.87. The van der Waals surface area contributed by atoms with Crippen molar-refractivity contribution in [1.82, 2.24) is 9.78 Å². The molecular formula is C11H19N3. The molecule has 0 amide bonds. The summed E-state index contributed by atoms with van der Waals surface area (Å²) < 4.78 is 1.99. The maximum atomic E-state index is 4.45. The molecule has 0 atom stereocenters. The summed E-state index contributed by atoms with van der Waals surface area (Å²) in [5, 5.41) is 7.87. The van der Waals surface area contributed by atoms with Crippen molar-refractivity contribution in [3.8, 4) is 0 Å². The Balaban J connectivity index is 2.03. The minimum absolute atomic E-state index is 0.691. The number of rotatable bonds is 4. The van der Waals surface area contributed by atoms with Gasteiger partial charge in [0.2, 0.25) is 0 Å². The fourth-order valence-electron chi connectivity index (χ4n) is 1.62. The van der Waals surface area contributed by atoms with Crippen molar-refractivity contribution in [3.63, 3.8) is 0 Å². The molecule has 78 valence electrons. The molecule has 1 heterocycles. The Bertz CT molecular complexity index is 310. The molecule has 1 N–H and O–H groups in total. The first-order chi connectivity index (χ1) is 6.65. The third-order valence-corrected chi connectivity index (χ3v) is 2.52. The summed E-state index contributed by atoms with van der Waals surface area (Å²) in [7, 11) is 2.02. The monoisotopic (exact) mass is 193 g/mol. The first-order valence-electron chi connectivity index (χ1n) is 5.44. The molecule has 3 heteroatoms. The van der Waals surface area contributed by atoms with Gasteiger partial charge in [0.25, 0.3) is 0 Å². The Morgan fingerprint density at radius 3 is 2.86 bits per heavy atom. The van der Waals surface area contributed by atoms with Crippen LogP contribution in [0, 0.1) is 5.92 Å². The van der Waals surface area contributed by atoms with Crippen LogP contribution in [-0.2, 0) is 13.5 Å². The second-order valence-corrected chi connectivity index (χ2v) is 4.66. The molecule has 0 saturated heterocycles. The van der Waals surface area contributed by atoms with Crippen LogP contribution in [0.4, 0.5) is 5.82 Å². The number of aromatic nitrogens is 2.